The highest BCUT2D eigenvalue weighted by atomic mass is 35.5. The Morgan fingerprint density at radius 3 is 2.27 bits per heavy atom. The number of aryl methyl sites for hydroxylation is 1. The largest absolute Gasteiger partial charge is 0.223 e. The summed E-state index contributed by atoms with van der Waals surface area (Å²) in [5, 5.41) is 0. The first-order valence-corrected chi connectivity index (χ1v) is 6.63. The third-order valence-corrected chi connectivity index (χ3v) is 3.74. The Labute approximate surface area is 99.4 Å². The molecule has 0 bridgehead atoms. The summed E-state index contributed by atoms with van der Waals surface area (Å²) in [5.74, 6) is -0.182. The van der Waals surface area contributed by atoms with Gasteiger partial charge in [-0.25, -0.2) is 8.42 Å². The van der Waals surface area contributed by atoms with Crippen molar-refractivity contribution < 1.29 is 8.42 Å². The molecular weight excluding hydrogens is 255 g/mol. The number of benzene rings is 1. The molecule has 82 valence electrons. The number of sulfone groups is 1. The molecule has 0 saturated heterocycles. The monoisotopic (exact) mass is 264 g/mol. The van der Waals surface area contributed by atoms with Gasteiger partial charge in [0.25, 0.3) is 0 Å². The Hall–Kier alpha value is -0.510. The molecule has 0 heterocycles. The zero-order chi connectivity index (χ0) is 11.5. The molecule has 0 amide bonds. The number of halogens is 2. The lowest BCUT2D eigenvalue weighted by molar-refractivity contribution is 0.599. The molecule has 5 heteroatoms. The summed E-state index contributed by atoms with van der Waals surface area (Å²) in [6, 6.07) is 6.64. The van der Waals surface area contributed by atoms with E-state index in [0.29, 0.717) is 0 Å². The van der Waals surface area contributed by atoms with Crippen molar-refractivity contribution in [3.8, 4) is 0 Å². The van der Waals surface area contributed by atoms with E-state index in [9.17, 15) is 8.42 Å². The molecule has 1 aromatic rings. The van der Waals surface area contributed by atoms with Gasteiger partial charge in [-0.1, -0.05) is 40.9 Å². The third kappa shape index (κ3) is 3.86. The van der Waals surface area contributed by atoms with Crippen LogP contribution < -0.4 is 0 Å². The van der Waals surface area contributed by atoms with Crippen LogP contribution in [0, 0.1) is 6.92 Å². The maximum absolute atomic E-state index is 11.7. The first-order chi connectivity index (χ1) is 6.92. The Bertz CT molecular complexity index is 457. The van der Waals surface area contributed by atoms with Crippen LogP contribution in [-0.4, -0.2) is 14.2 Å². The van der Waals surface area contributed by atoms with Crippen molar-refractivity contribution in [3.05, 3.63) is 40.4 Å². The van der Waals surface area contributed by atoms with E-state index in [-0.39, 0.29) is 15.1 Å². The number of rotatable bonds is 3. The van der Waals surface area contributed by atoms with E-state index < -0.39 is 9.84 Å². The molecule has 0 aliphatic heterocycles. The summed E-state index contributed by atoms with van der Waals surface area (Å²) >= 11 is 10.7. The van der Waals surface area contributed by atoms with Gasteiger partial charge in [-0.3, -0.25) is 0 Å². The van der Waals surface area contributed by atoms with Crippen LogP contribution in [0.2, 0.25) is 0 Å². The van der Waals surface area contributed by atoms with E-state index in [0.717, 1.165) is 5.56 Å². The standard InChI is InChI=1S/C10H10Cl2O2S/c1-8-2-4-9(5-3-8)15(13,14)7-6-10(11)12/h2-6H,7H2,1H3. The van der Waals surface area contributed by atoms with Crippen molar-refractivity contribution in [2.24, 2.45) is 0 Å². The lowest BCUT2D eigenvalue weighted by Crippen LogP contribution is -2.04. The van der Waals surface area contributed by atoms with Gasteiger partial charge in [-0.05, 0) is 25.1 Å². The van der Waals surface area contributed by atoms with Gasteiger partial charge in [0.05, 0.1) is 10.6 Å². The molecule has 0 aromatic heterocycles. The van der Waals surface area contributed by atoms with Crippen LogP contribution in [0.4, 0.5) is 0 Å². The second-order valence-electron chi connectivity index (χ2n) is 3.09. The minimum Gasteiger partial charge on any atom is -0.223 e. The highest BCUT2D eigenvalue weighted by Crippen LogP contribution is 2.14. The summed E-state index contributed by atoms with van der Waals surface area (Å²) < 4.78 is 23.3. The van der Waals surface area contributed by atoms with Gasteiger partial charge in [0.2, 0.25) is 0 Å². The first-order valence-electron chi connectivity index (χ1n) is 4.22. The molecule has 1 aromatic carbocycles. The van der Waals surface area contributed by atoms with E-state index in [2.05, 4.69) is 0 Å². The average molecular weight is 265 g/mol. The van der Waals surface area contributed by atoms with Crippen LogP contribution >= 0.6 is 23.2 Å². The van der Waals surface area contributed by atoms with E-state index >= 15 is 0 Å². The average Bonchev–Trinajstić information content (AvgIpc) is 2.16. The molecule has 0 aliphatic carbocycles. The zero-order valence-corrected chi connectivity index (χ0v) is 10.4. The van der Waals surface area contributed by atoms with Crippen LogP contribution in [0.1, 0.15) is 5.56 Å². The van der Waals surface area contributed by atoms with Crippen LogP contribution in [0.5, 0.6) is 0 Å². The maximum atomic E-state index is 11.7. The lowest BCUT2D eigenvalue weighted by Gasteiger charge is -2.01. The summed E-state index contributed by atoms with van der Waals surface area (Å²) in [4.78, 5) is 0.277. The van der Waals surface area contributed by atoms with Gasteiger partial charge < -0.3 is 0 Å². The molecular formula is C10H10Cl2O2S. The predicted molar refractivity (Wildman–Crippen MR) is 63.0 cm³/mol. The fraction of sp³-hybridized carbons (Fsp3) is 0.200. The molecule has 0 radical (unpaired) electrons. The van der Waals surface area contributed by atoms with Gasteiger partial charge >= 0.3 is 0 Å². The Morgan fingerprint density at radius 2 is 1.80 bits per heavy atom. The van der Waals surface area contributed by atoms with Gasteiger partial charge in [0.15, 0.2) is 9.84 Å². The van der Waals surface area contributed by atoms with Crippen molar-refractivity contribution in [2.45, 2.75) is 11.8 Å². The van der Waals surface area contributed by atoms with E-state index in [1.807, 2.05) is 6.92 Å². The summed E-state index contributed by atoms with van der Waals surface area (Å²) in [6.45, 7) is 1.89. The van der Waals surface area contributed by atoms with Crippen LogP contribution in [-0.2, 0) is 9.84 Å². The fourth-order valence-electron chi connectivity index (χ4n) is 1.01. The maximum Gasteiger partial charge on any atom is 0.182 e. The van der Waals surface area contributed by atoms with Crippen molar-refractivity contribution in [3.63, 3.8) is 0 Å². The molecule has 0 saturated carbocycles. The smallest absolute Gasteiger partial charge is 0.182 e. The van der Waals surface area contributed by atoms with E-state index in [1.165, 1.54) is 6.08 Å². The SMILES string of the molecule is Cc1ccc(S(=O)(=O)CC=C(Cl)Cl)cc1. The molecule has 2 nitrogen and oxygen atoms in total. The van der Waals surface area contributed by atoms with E-state index in [4.69, 9.17) is 23.2 Å². The first kappa shape index (κ1) is 12.6. The summed E-state index contributed by atoms with van der Waals surface area (Å²) in [7, 11) is -3.32. The minimum atomic E-state index is -3.32. The van der Waals surface area contributed by atoms with Gasteiger partial charge in [-0.15, -0.1) is 0 Å². The molecule has 0 spiro atoms. The molecule has 0 unspecified atom stereocenters. The van der Waals surface area contributed by atoms with Crippen molar-refractivity contribution >= 4 is 33.0 Å². The summed E-state index contributed by atoms with van der Waals surface area (Å²) in [5.41, 5.74) is 1.01. The van der Waals surface area contributed by atoms with Gasteiger partial charge in [-0.2, -0.15) is 0 Å². The molecule has 0 fully saturated rings. The van der Waals surface area contributed by atoms with E-state index in [1.54, 1.807) is 24.3 Å². The second-order valence-corrected chi connectivity index (χ2v) is 6.13. The third-order valence-electron chi connectivity index (χ3n) is 1.84. The predicted octanol–water partition coefficient (Wildman–Crippen LogP) is 3.09. The highest BCUT2D eigenvalue weighted by molar-refractivity contribution is 7.91. The molecule has 0 N–H and O–H groups in total. The molecule has 0 aliphatic rings. The Kier molecular flexibility index (Phi) is 4.20. The molecule has 1 rings (SSSR count). The van der Waals surface area contributed by atoms with Crippen molar-refractivity contribution in [2.75, 3.05) is 5.75 Å². The topological polar surface area (TPSA) is 34.1 Å². The van der Waals surface area contributed by atoms with Crippen LogP contribution in [0.25, 0.3) is 0 Å². The number of hydrogen-bond acceptors (Lipinski definition) is 2. The molecule has 0 atom stereocenters. The van der Waals surface area contributed by atoms with Crippen molar-refractivity contribution in [1.82, 2.24) is 0 Å². The quantitative estimate of drug-likeness (QED) is 0.841. The zero-order valence-electron chi connectivity index (χ0n) is 8.07. The number of hydrogen-bond donors (Lipinski definition) is 0. The fourth-order valence-corrected chi connectivity index (χ4v) is 2.48. The lowest BCUT2D eigenvalue weighted by atomic mass is 10.2. The highest BCUT2D eigenvalue weighted by Gasteiger charge is 2.12. The van der Waals surface area contributed by atoms with Gasteiger partial charge in [0.1, 0.15) is 4.49 Å². The normalized spacial score (nSPS) is 11.1. The van der Waals surface area contributed by atoms with Crippen LogP contribution in [0.3, 0.4) is 0 Å². The van der Waals surface area contributed by atoms with Crippen molar-refractivity contribution in [1.29, 1.82) is 0 Å². The van der Waals surface area contributed by atoms with Crippen LogP contribution in [0.15, 0.2) is 39.7 Å². The van der Waals surface area contributed by atoms with Gasteiger partial charge in [0, 0.05) is 0 Å². The minimum absolute atomic E-state index is 0.0364. The Balaban J connectivity index is 2.97. The molecule has 15 heavy (non-hydrogen) atoms. The summed E-state index contributed by atoms with van der Waals surface area (Å²) in [6.07, 6.45) is 1.26. The second kappa shape index (κ2) is 5.01. The Morgan fingerprint density at radius 1 is 1.27 bits per heavy atom.